The fourth-order valence-corrected chi connectivity index (χ4v) is 3.32. The molecular formula is C18H21N7. The van der Waals surface area contributed by atoms with Crippen molar-refractivity contribution in [3.05, 3.63) is 41.7 Å². The molecule has 1 aliphatic heterocycles. The Labute approximate surface area is 146 Å². The van der Waals surface area contributed by atoms with Crippen LogP contribution in [0.25, 0.3) is 11.0 Å². The van der Waals surface area contributed by atoms with Crippen LogP contribution in [0, 0.1) is 20.8 Å². The number of fused-ring (bicyclic) bond motifs is 1. The van der Waals surface area contributed by atoms with Crippen molar-refractivity contribution >= 4 is 22.7 Å². The average molecular weight is 335 g/mol. The monoisotopic (exact) mass is 335 g/mol. The van der Waals surface area contributed by atoms with Crippen LogP contribution >= 0.6 is 0 Å². The minimum absolute atomic E-state index is 0.743. The van der Waals surface area contributed by atoms with Gasteiger partial charge in [-0.15, -0.1) is 0 Å². The van der Waals surface area contributed by atoms with Crippen molar-refractivity contribution in [3.63, 3.8) is 0 Å². The van der Waals surface area contributed by atoms with E-state index in [0.29, 0.717) is 0 Å². The van der Waals surface area contributed by atoms with E-state index in [9.17, 15) is 0 Å². The summed E-state index contributed by atoms with van der Waals surface area (Å²) in [5.74, 6) is 2.84. The number of aromatic nitrogens is 5. The molecule has 0 saturated carbocycles. The Morgan fingerprint density at radius 1 is 0.840 bits per heavy atom. The highest BCUT2D eigenvalue weighted by molar-refractivity contribution is 5.86. The summed E-state index contributed by atoms with van der Waals surface area (Å²) in [6, 6.07) is 3.96. The number of hydrogen-bond donors (Lipinski definition) is 0. The topological polar surface area (TPSA) is 70.9 Å². The van der Waals surface area contributed by atoms with E-state index in [4.69, 9.17) is 0 Å². The Kier molecular flexibility index (Phi) is 3.91. The largest absolute Gasteiger partial charge is 0.353 e. The van der Waals surface area contributed by atoms with Crippen LogP contribution in [0.5, 0.6) is 0 Å². The first kappa shape index (κ1) is 15.7. The molecule has 0 unspecified atom stereocenters. The number of piperazine rings is 1. The van der Waals surface area contributed by atoms with Crippen LogP contribution < -0.4 is 9.80 Å². The lowest BCUT2D eigenvalue weighted by molar-refractivity contribution is 0.639. The molecule has 3 aromatic heterocycles. The zero-order valence-electron chi connectivity index (χ0n) is 14.8. The Morgan fingerprint density at radius 2 is 1.56 bits per heavy atom. The van der Waals surface area contributed by atoms with Gasteiger partial charge in [0.1, 0.15) is 23.8 Å². The average Bonchev–Trinajstić information content (AvgIpc) is 2.64. The van der Waals surface area contributed by atoms with Gasteiger partial charge in [0.15, 0.2) is 5.65 Å². The van der Waals surface area contributed by atoms with Crippen molar-refractivity contribution in [2.75, 3.05) is 36.0 Å². The quantitative estimate of drug-likeness (QED) is 0.710. The van der Waals surface area contributed by atoms with Crippen molar-refractivity contribution in [3.8, 4) is 0 Å². The van der Waals surface area contributed by atoms with Gasteiger partial charge < -0.3 is 9.80 Å². The molecule has 0 bridgehead atoms. The summed E-state index contributed by atoms with van der Waals surface area (Å²) >= 11 is 0. The maximum atomic E-state index is 4.67. The molecule has 4 rings (SSSR count). The van der Waals surface area contributed by atoms with Crippen molar-refractivity contribution in [1.29, 1.82) is 0 Å². The SMILES string of the molecule is Cc1nc(C)c(C)c(N2CCN(c3ncnc4ncccc34)CC2)n1. The molecule has 4 heterocycles. The third-order valence-corrected chi connectivity index (χ3v) is 4.74. The van der Waals surface area contributed by atoms with E-state index >= 15 is 0 Å². The zero-order valence-corrected chi connectivity index (χ0v) is 14.8. The predicted molar refractivity (Wildman–Crippen MR) is 98.0 cm³/mol. The first-order chi connectivity index (χ1) is 12.1. The van der Waals surface area contributed by atoms with Crippen molar-refractivity contribution < 1.29 is 0 Å². The number of hydrogen-bond acceptors (Lipinski definition) is 7. The molecule has 0 aromatic carbocycles. The standard InChI is InChI=1S/C18H21N7/c1-12-13(2)22-14(3)23-17(12)24-7-9-25(10-8-24)18-15-5-4-6-19-16(15)20-11-21-18/h4-6,11H,7-10H2,1-3H3. The number of aryl methyl sites for hydroxylation is 2. The van der Waals surface area contributed by atoms with Crippen molar-refractivity contribution in [2.45, 2.75) is 20.8 Å². The third-order valence-electron chi connectivity index (χ3n) is 4.74. The number of nitrogens with zero attached hydrogens (tertiary/aromatic N) is 7. The van der Waals surface area contributed by atoms with Gasteiger partial charge >= 0.3 is 0 Å². The second-order valence-electron chi connectivity index (χ2n) is 6.35. The zero-order chi connectivity index (χ0) is 17.4. The lowest BCUT2D eigenvalue weighted by atomic mass is 10.2. The Balaban J connectivity index is 1.58. The lowest BCUT2D eigenvalue weighted by Gasteiger charge is -2.37. The van der Waals surface area contributed by atoms with Crippen LogP contribution in [0.3, 0.4) is 0 Å². The Morgan fingerprint density at radius 3 is 2.32 bits per heavy atom. The van der Waals surface area contributed by atoms with E-state index < -0.39 is 0 Å². The van der Waals surface area contributed by atoms with Gasteiger partial charge in [0.25, 0.3) is 0 Å². The van der Waals surface area contributed by atoms with Gasteiger partial charge in [0, 0.05) is 43.6 Å². The van der Waals surface area contributed by atoms with Gasteiger partial charge in [-0.2, -0.15) is 0 Å². The molecule has 0 amide bonds. The van der Waals surface area contributed by atoms with Gasteiger partial charge in [-0.05, 0) is 32.9 Å². The second kappa shape index (κ2) is 6.23. The fraction of sp³-hybridized carbons (Fsp3) is 0.389. The molecule has 1 saturated heterocycles. The summed E-state index contributed by atoms with van der Waals surface area (Å²) < 4.78 is 0. The third kappa shape index (κ3) is 2.86. The van der Waals surface area contributed by atoms with E-state index in [1.807, 2.05) is 26.0 Å². The van der Waals surface area contributed by atoms with Crippen LogP contribution in [0.1, 0.15) is 17.1 Å². The van der Waals surface area contributed by atoms with Gasteiger partial charge in [0.05, 0.1) is 5.39 Å². The van der Waals surface area contributed by atoms with Crippen molar-refractivity contribution in [1.82, 2.24) is 24.9 Å². The minimum atomic E-state index is 0.743. The predicted octanol–water partition coefficient (Wildman–Crippen LogP) is 2.07. The minimum Gasteiger partial charge on any atom is -0.353 e. The molecule has 1 aliphatic rings. The summed E-state index contributed by atoms with van der Waals surface area (Å²) in [6.45, 7) is 9.69. The second-order valence-corrected chi connectivity index (χ2v) is 6.35. The molecule has 7 heteroatoms. The van der Waals surface area contributed by atoms with Gasteiger partial charge in [-0.1, -0.05) is 0 Å². The lowest BCUT2D eigenvalue weighted by Crippen LogP contribution is -2.47. The summed E-state index contributed by atoms with van der Waals surface area (Å²) in [4.78, 5) is 26.8. The smallest absolute Gasteiger partial charge is 0.164 e. The highest BCUT2D eigenvalue weighted by Crippen LogP contribution is 2.25. The molecule has 25 heavy (non-hydrogen) atoms. The van der Waals surface area contributed by atoms with Crippen LogP contribution in [0.15, 0.2) is 24.7 Å². The molecular weight excluding hydrogens is 314 g/mol. The summed E-state index contributed by atoms with van der Waals surface area (Å²) in [6.07, 6.45) is 3.36. The van der Waals surface area contributed by atoms with Crippen LogP contribution in [0.4, 0.5) is 11.6 Å². The molecule has 1 fully saturated rings. The van der Waals surface area contributed by atoms with E-state index in [1.54, 1.807) is 12.5 Å². The maximum Gasteiger partial charge on any atom is 0.164 e. The Bertz CT molecular complexity index is 911. The molecule has 0 radical (unpaired) electrons. The molecule has 128 valence electrons. The van der Waals surface area contributed by atoms with E-state index in [0.717, 1.165) is 65.9 Å². The van der Waals surface area contributed by atoms with E-state index in [2.05, 4.69) is 41.6 Å². The maximum absolute atomic E-state index is 4.67. The highest BCUT2D eigenvalue weighted by Gasteiger charge is 2.22. The molecule has 0 N–H and O–H groups in total. The van der Waals surface area contributed by atoms with Crippen molar-refractivity contribution in [2.24, 2.45) is 0 Å². The van der Waals surface area contributed by atoms with E-state index in [-0.39, 0.29) is 0 Å². The summed E-state index contributed by atoms with van der Waals surface area (Å²) in [5.41, 5.74) is 2.96. The summed E-state index contributed by atoms with van der Waals surface area (Å²) in [5, 5.41) is 1.00. The van der Waals surface area contributed by atoms with E-state index in [1.165, 1.54) is 0 Å². The number of rotatable bonds is 2. The van der Waals surface area contributed by atoms with Crippen LogP contribution in [-0.2, 0) is 0 Å². The Hall–Kier alpha value is -2.83. The van der Waals surface area contributed by atoms with Crippen LogP contribution in [-0.4, -0.2) is 51.1 Å². The highest BCUT2D eigenvalue weighted by atomic mass is 15.3. The number of pyridine rings is 1. The molecule has 0 spiro atoms. The molecule has 3 aromatic rings. The van der Waals surface area contributed by atoms with Gasteiger partial charge in [0.2, 0.25) is 0 Å². The van der Waals surface area contributed by atoms with Gasteiger partial charge in [-0.3, -0.25) is 0 Å². The molecule has 7 nitrogen and oxygen atoms in total. The van der Waals surface area contributed by atoms with Gasteiger partial charge in [-0.25, -0.2) is 24.9 Å². The normalized spacial score (nSPS) is 15.0. The summed E-state index contributed by atoms with van der Waals surface area (Å²) in [7, 11) is 0. The fourth-order valence-electron chi connectivity index (χ4n) is 3.32. The first-order valence-electron chi connectivity index (χ1n) is 8.51. The molecule has 0 atom stereocenters. The number of anilines is 2. The van der Waals surface area contributed by atoms with Crippen LogP contribution in [0.2, 0.25) is 0 Å². The molecule has 0 aliphatic carbocycles. The first-order valence-corrected chi connectivity index (χ1v) is 8.51.